The Morgan fingerprint density at radius 2 is 2.35 bits per heavy atom. The molecular weight excluding hydrogens is 228 g/mol. The van der Waals surface area contributed by atoms with E-state index in [0.717, 1.165) is 24.4 Å². The molecular formula is C14H22N2S. The third-order valence-corrected chi connectivity index (χ3v) is 5.37. The van der Waals surface area contributed by atoms with Crippen molar-refractivity contribution in [2.75, 3.05) is 20.1 Å². The second kappa shape index (κ2) is 5.09. The molecule has 17 heavy (non-hydrogen) atoms. The summed E-state index contributed by atoms with van der Waals surface area (Å²) in [6.07, 6.45) is 4.26. The summed E-state index contributed by atoms with van der Waals surface area (Å²) in [7, 11) is 2.31. The fourth-order valence-corrected chi connectivity index (χ4v) is 4.40. The van der Waals surface area contributed by atoms with Gasteiger partial charge in [-0.3, -0.25) is 4.90 Å². The largest absolute Gasteiger partial charge is 0.316 e. The van der Waals surface area contributed by atoms with Crippen LogP contribution in [0.1, 0.15) is 24.1 Å². The highest BCUT2D eigenvalue weighted by atomic mass is 32.1. The number of hydrogen-bond acceptors (Lipinski definition) is 3. The maximum absolute atomic E-state index is 3.58. The van der Waals surface area contributed by atoms with E-state index < -0.39 is 0 Å². The van der Waals surface area contributed by atoms with Crippen LogP contribution >= 0.6 is 11.3 Å². The van der Waals surface area contributed by atoms with Crippen LogP contribution in [0, 0.1) is 11.8 Å². The number of thiophene rings is 1. The van der Waals surface area contributed by atoms with E-state index in [0.29, 0.717) is 0 Å². The number of hydrogen-bond donors (Lipinski definition) is 1. The van der Waals surface area contributed by atoms with Crippen molar-refractivity contribution in [2.24, 2.45) is 11.8 Å². The zero-order valence-corrected chi connectivity index (χ0v) is 11.4. The molecule has 0 bridgehead atoms. The second-order valence-corrected chi connectivity index (χ2v) is 6.61. The van der Waals surface area contributed by atoms with Crippen LogP contribution in [0.3, 0.4) is 0 Å². The van der Waals surface area contributed by atoms with Gasteiger partial charge in [0.2, 0.25) is 0 Å². The van der Waals surface area contributed by atoms with Crippen molar-refractivity contribution in [3.8, 4) is 0 Å². The van der Waals surface area contributed by atoms with Gasteiger partial charge in [-0.25, -0.2) is 0 Å². The van der Waals surface area contributed by atoms with Crippen LogP contribution < -0.4 is 5.32 Å². The summed E-state index contributed by atoms with van der Waals surface area (Å²) in [4.78, 5) is 4.09. The van der Waals surface area contributed by atoms with E-state index in [9.17, 15) is 0 Å². The highest BCUT2D eigenvalue weighted by Gasteiger charge is 2.38. The third-order valence-electron chi connectivity index (χ3n) is 4.51. The standard InChI is InChI=1S/C14H22N2S/c1-16(10-12-5-3-7-17-12)14-6-2-4-11-8-15-9-13(11)14/h3,5,7,11,13-15H,2,4,6,8-10H2,1H3/t11-,13+,14-/m1/s1. The highest BCUT2D eigenvalue weighted by molar-refractivity contribution is 7.09. The summed E-state index contributed by atoms with van der Waals surface area (Å²) < 4.78 is 0. The molecule has 1 N–H and O–H groups in total. The van der Waals surface area contributed by atoms with E-state index in [1.54, 1.807) is 0 Å². The molecule has 2 heterocycles. The van der Waals surface area contributed by atoms with Gasteiger partial charge < -0.3 is 5.32 Å². The van der Waals surface area contributed by atoms with Gasteiger partial charge in [-0.15, -0.1) is 11.3 Å². The fourth-order valence-electron chi connectivity index (χ4n) is 3.64. The monoisotopic (exact) mass is 250 g/mol. The first-order chi connectivity index (χ1) is 8.34. The van der Waals surface area contributed by atoms with Crippen LogP contribution in [0.25, 0.3) is 0 Å². The molecule has 1 aliphatic carbocycles. The quantitative estimate of drug-likeness (QED) is 0.887. The molecule has 0 aromatic carbocycles. The predicted octanol–water partition coefficient (Wildman–Crippen LogP) is 2.57. The zero-order valence-electron chi connectivity index (χ0n) is 10.6. The zero-order chi connectivity index (χ0) is 11.7. The molecule has 94 valence electrons. The molecule has 0 spiro atoms. The molecule has 2 nitrogen and oxygen atoms in total. The van der Waals surface area contributed by atoms with Crippen LogP contribution in [0.15, 0.2) is 17.5 Å². The normalized spacial score (nSPS) is 32.9. The molecule has 1 aliphatic heterocycles. The van der Waals surface area contributed by atoms with Crippen LogP contribution in [0.2, 0.25) is 0 Å². The minimum atomic E-state index is 0.797. The number of rotatable bonds is 3. The lowest BCUT2D eigenvalue weighted by molar-refractivity contribution is 0.107. The first-order valence-corrected chi connectivity index (χ1v) is 7.66. The molecule has 1 saturated heterocycles. The lowest BCUT2D eigenvalue weighted by Gasteiger charge is -2.39. The summed E-state index contributed by atoms with van der Waals surface area (Å²) >= 11 is 1.88. The van der Waals surface area contributed by atoms with Gasteiger partial charge in [-0.1, -0.05) is 12.5 Å². The summed E-state index contributed by atoms with van der Waals surface area (Å²) in [5.74, 6) is 1.84. The van der Waals surface area contributed by atoms with E-state index >= 15 is 0 Å². The van der Waals surface area contributed by atoms with Gasteiger partial charge >= 0.3 is 0 Å². The number of fused-ring (bicyclic) bond motifs is 1. The van der Waals surface area contributed by atoms with Crippen LogP contribution in [-0.4, -0.2) is 31.1 Å². The smallest absolute Gasteiger partial charge is 0.0327 e. The molecule has 3 rings (SSSR count). The molecule has 1 aromatic heterocycles. The summed E-state index contributed by atoms with van der Waals surface area (Å²) in [6, 6.07) is 5.22. The van der Waals surface area contributed by atoms with E-state index in [2.05, 4.69) is 34.8 Å². The first-order valence-electron chi connectivity index (χ1n) is 6.78. The molecule has 3 atom stereocenters. The average Bonchev–Trinajstić information content (AvgIpc) is 2.97. The molecule has 3 heteroatoms. The van der Waals surface area contributed by atoms with Crippen LogP contribution in [0.5, 0.6) is 0 Å². The molecule has 0 radical (unpaired) electrons. The summed E-state index contributed by atoms with van der Waals surface area (Å²) in [5, 5.41) is 5.77. The third kappa shape index (κ3) is 2.42. The van der Waals surface area contributed by atoms with E-state index in [1.165, 1.54) is 37.2 Å². The molecule has 2 aliphatic rings. The van der Waals surface area contributed by atoms with E-state index in [-0.39, 0.29) is 0 Å². The van der Waals surface area contributed by atoms with E-state index in [4.69, 9.17) is 0 Å². The fraction of sp³-hybridized carbons (Fsp3) is 0.714. The van der Waals surface area contributed by atoms with Crippen molar-refractivity contribution >= 4 is 11.3 Å². The van der Waals surface area contributed by atoms with Gasteiger partial charge in [0.1, 0.15) is 0 Å². The van der Waals surface area contributed by atoms with Gasteiger partial charge in [0, 0.05) is 17.5 Å². The topological polar surface area (TPSA) is 15.3 Å². The van der Waals surface area contributed by atoms with E-state index in [1.807, 2.05) is 11.3 Å². The van der Waals surface area contributed by atoms with Crippen molar-refractivity contribution in [3.63, 3.8) is 0 Å². The molecule has 1 aromatic rings. The molecule has 0 amide bonds. The van der Waals surface area contributed by atoms with Crippen LogP contribution in [0.4, 0.5) is 0 Å². The van der Waals surface area contributed by atoms with Gasteiger partial charge in [-0.2, -0.15) is 0 Å². The predicted molar refractivity (Wildman–Crippen MR) is 73.3 cm³/mol. The van der Waals surface area contributed by atoms with Crippen molar-refractivity contribution in [1.82, 2.24) is 10.2 Å². The Balaban J connectivity index is 1.66. The van der Waals surface area contributed by atoms with Crippen molar-refractivity contribution < 1.29 is 0 Å². The lowest BCUT2D eigenvalue weighted by Crippen LogP contribution is -2.43. The average molecular weight is 250 g/mol. The Kier molecular flexibility index (Phi) is 3.50. The second-order valence-electron chi connectivity index (χ2n) is 5.57. The Hall–Kier alpha value is -0.380. The maximum Gasteiger partial charge on any atom is 0.0327 e. The van der Waals surface area contributed by atoms with Gasteiger partial charge in [0.05, 0.1) is 0 Å². The van der Waals surface area contributed by atoms with Gasteiger partial charge in [-0.05, 0) is 56.3 Å². The summed E-state index contributed by atoms with van der Waals surface area (Å²) in [5.41, 5.74) is 0. The Labute approximate surface area is 108 Å². The van der Waals surface area contributed by atoms with Crippen molar-refractivity contribution in [1.29, 1.82) is 0 Å². The summed E-state index contributed by atoms with van der Waals surface area (Å²) in [6.45, 7) is 3.63. The molecule has 1 saturated carbocycles. The SMILES string of the molecule is CN(Cc1cccs1)[C@@H]1CCC[C@@H]2CNC[C@@H]21. The number of nitrogens with zero attached hydrogens (tertiary/aromatic N) is 1. The maximum atomic E-state index is 3.58. The van der Waals surface area contributed by atoms with Crippen molar-refractivity contribution in [2.45, 2.75) is 31.8 Å². The minimum Gasteiger partial charge on any atom is -0.316 e. The molecule has 0 unspecified atom stereocenters. The number of nitrogens with one attached hydrogen (secondary N) is 1. The van der Waals surface area contributed by atoms with Gasteiger partial charge in [0.25, 0.3) is 0 Å². The Morgan fingerprint density at radius 1 is 1.41 bits per heavy atom. The lowest BCUT2D eigenvalue weighted by atomic mass is 9.77. The molecule has 2 fully saturated rings. The van der Waals surface area contributed by atoms with Gasteiger partial charge in [0.15, 0.2) is 0 Å². The Bertz CT molecular complexity index is 349. The highest BCUT2D eigenvalue weighted by Crippen LogP contribution is 2.35. The van der Waals surface area contributed by atoms with Crippen LogP contribution in [-0.2, 0) is 6.54 Å². The minimum absolute atomic E-state index is 0.797. The Morgan fingerprint density at radius 3 is 3.18 bits per heavy atom. The van der Waals surface area contributed by atoms with Crippen molar-refractivity contribution in [3.05, 3.63) is 22.4 Å². The first kappa shape index (κ1) is 11.7.